The molecule has 0 atom stereocenters. The Morgan fingerprint density at radius 3 is 1.21 bits per heavy atom. The number of rotatable bonds is 16. The Balaban J connectivity index is 0.000000142. The first kappa shape index (κ1) is 83.3. The minimum atomic E-state index is -3.24. The number of pyridine rings is 2. The Bertz CT molecular complexity index is 6170. The summed E-state index contributed by atoms with van der Waals surface area (Å²) in [6, 6.07) is 30.5. The van der Waals surface area contributed by atoms with Gasteiger partial charge < -0.3 is 55.3 Å². The lowest BCUT2D eigenvalue weighted by atomic mass is 10.1. The van der Waals surface area contributed by atoms with Crippen LogP contribution in [0, 0.1) is 75.1 Å². The predicted octanol–water partition coefficient (Wildman–Crippen LogP) is 12.4. The molecule has 0 fully saturated rings. The number of carbonyl (C=O) groups is 5. The van der Waals surface area contributed by atoms with Crippen LogP contribution in [-0.2, 0) is 42.6 Å². The van der Waals surface area contributed by atoms with E-state index in [1.54, 1.807) is 61.9 Å². The highest BCUT2D eigenvalue weighted by Gasteiger charge is 2.25. The second-order valence-corrected chi connectivity index (χ2v) is 33.4. The van der Waals surface area contributed by atoms with Crippen molar-refractivity contribution < 1.29 is 36.8 Å². The van der Waals surface area contributed by atoms with E-state index in [2.05, 4.69) is 87.5 Å². The molecule has 0 bridgehead atoms. The molecule has 0 aliphatic rings. The third-order valence-corrected chi connectivity index (χ3v) is 25.0. The second kappa shape index (κ2) is 36.5. The van der Waals surface area contributed by atoms with Crippen LogP contribution in [0.2, 0.25) is 0 Å². The monoisotopic (exact) mass is 1660 g/mol. The summed E-state index contributed by atoms with van der Waals surface area (Å²) in [4.78, 5) is 75.8. The van der Waals surface area contributed by atoms with Gasteiger partial charge in [0.25, 0.3) is 29.5 Å². The molecular weight excluding hydrogens is 1580 g/mol. The summed E-state index contributed by atoms with van der Waals surface area (Å²) in [5.74, 6) is -1.55. The van der Waals surface area contributed by atoms with Crippen LogP contribution in [0.1, 0.15) is 132 Å². The summed E-state index contributed by atoms with van der Waals surface area (Å²) in [5, 5.41) is 58.6. The number of carbonyl (C=O) groups excluding carboxylic acids is 5. The second-order valence-electron chi connectivity index (χ2n) is 26.4. The Hall–Kier alpha value is -12.6. The minimum Gasteiger partial charge on any atom is -0.397 e. The number of aromatic nitrogens is 12. The van der Waals surface area contributed by atoms with Crippen molar-refractivity contribution in [2.75, 3.05) is 34.9 Å². The van der Waals surface area contributed by atoms with Crippen molar-refractivity contribution in [3.63, 3.8) is 0 Å². The number of amides is 5. The zero-order chi connectivity index (χ0) is 82.7. The van der Waals surface area contributed by atoms with Crippen LogP contribution < -0.4 is 55.3 Å². The maximum atomic E-state index is 13.9. The number of hydrogen-bond acceptors (Lipinski definition) is 29. The molecule has 5 amide bonds. The largest absolute Gasteiger partial charge is 0.397 e. The molecule has 0 aliphatic carbocycles. The van der Waals surface area contributed by atoms with Gasteiger partial charge in [0.1, 0.15) is 54.4 Å². The van der Waals surface area contributed by atoms with Crippen molar-refractivity contribution >= 4 is 176 Å². The quantitative estimate of drug-likeness (QED) is 0.0429. The average Bonchev–Trinajstić information content (AvgIpc) is 1.64. The van der Waals surface area contributed by atoms with Gasteiger partial charge in [-0.05, 0) is 156 Å². The van der Waals surface area contributed by atoms with E-state index in [-0.39, 0.29) is 53.3 Å². The van der Waals surface area contributed by atoms with Crippen LogP contribution >= 0.6 is 56.7 Å². The zero-order valence-electron chi connectivity index (χ0n) is 64.1. The van der Waals surface area contributed by atoms with Crippen molar-refractivity contribution in [3.8, 4) is 0 Å². The summed E-state index contributed by atoms with van der Waals surface area (Å²) < 4.78 is 36.9. The summed E-state index contributed by atoms with van der Waals surface area (Å²) >= 11 is 6.18. The lowest BCUT2D eigenvalue weighted by Crippen LogP contribution is -2.23. The van der Waals surface area contributed by atoms with Gasteiger partial charge in [-0.3, -0.25) is 33.9 Å². The van der Waals surface area contributed by atoms with Crippen molar-refractivity contribution in [1.82, 2.24) is 87.5 Å². The highest BCUT2D eigenvalue weighted by Crippen LogP contribution is 2.39. The molecule has 15 rings (SSSR count). The number of anilines is 5. The molecule has 0 aliphatic heterocycles. The highest BCUT2D eigenvalue weighted by molar-refractivity contribution is 7.90. The first-order valence-corrected chi connectivity index (χ1v) is 41.2. The van der Waals surface area contributed by atoms with E-state index in [4.69, 9.17) is 28.7 Å². The van der Waals surface area contributed by atoms with Crippen LogP contribution in [0.25, 0.3) is 51.1 Å². The maximum absolute atomic E-state index is 13.9. The van der Waals surface area contributed by atoms with E-state index in [0.717, 1.165) is 95.2 Å². The fraction of sp³-hybridized carbons (Fsp3) is 0.203. The molecule has 12 heterocycles. The van der Waals surface area contributed by atoms with Gasteiger partial charge in [0.15, 0.2) is 9.84 Å². The number of benzene rings is 3. The van der Waals surface area contributed by atoms with Crippen LogP contribution in [0.4, 0.5) is 32.8 Å². The molecule has 0 spiro atoms. The maximum Gasteiger partial charge on any atom is 0.263 e. The van der Waals surface area contributed by atoms with Crippen LogP contribution in [0.3, 0.4) is 0 Å². The number of fused-ring (bicyclic) bond motifs is 5. The fourth-order valence-corrected chi connectivity index (χ4v) is 17.2. The van der Waals surface area contributed by atoms with Gasteiger partial charge in [-0.2, -0.15) is 25.5 Å². The van der Waals surface area contributed by atoms with Gasteiger partial charge in [0.05, 0.1) is 74.5 Å². The SMILES string of the molecule is Cc1cccc(CNC(=O)c2sc3nnc(C)c(C)c3c2N)c1.Cc1cccc(CNC(=O)c2sc3nnccc3c2N)c1F.Cc1nnc2sc(C(=O)NCc3ccc(S(C)(=O)=O)cc3)c(N)c2c1C.Cc1nnc2sc(C(=O)NCc3ccccn3)c(N)c2c1C.Cc1nnc2sc(C(=O)NCc3ccncc3)c(N)c2c1C. The Morgan fingerprint density at radius 2 is 0.791 bits per heavy atom. The van der Waals surface area contributed by atoms with Gasteiger partial charge in [-0.1, -0.05) is 66.2 Å². The predicted molar refractivity (Wildman–Crippen MR) is 453 cm³/mol. The number of halogens is 1. The molecule has 590 valence electrons. The number of nitrogens with zero attached hydrogens (tertiary/aromatic N) is 12. The van der Waals surface area contributed by atoms with Gasteiger partial charge in [-0.15, -0.1) is 82.2 Å². The fourth-order valence-electron chi connectivity index (χ4n) is 11.5. The van der Waals surface area contributed by atoms with Gasteiger partial charge in [0.2, 0.25) is 0 Å². The molecule has 0 saturated heterocycles. The minimum absolute atomic E-state index is 0.103. The third-order valence-electron chi connectivity index (χ3n) is 18.4. The van der Waals surface area contributed by atoms with Crippen LogP contribution in [0.5, 0.6) is 0 Å². The molecule has 15 N–H and O–H groups in total. The number of thiophene rings is 5. The summed E-state index contributed by atoms with van der Waals surface area (Å²) in [7, 11) is -3.24. The molecule has 115 heavy (non-hydrogen) atoms. The Labute approximate surface area is 679 Å². The standard InChI is InChI=1S/C17H18N4O3S2.C17H18N4OS.C15H13FN4OS.2C15H15N5OS/c1-9-10(2)20-21-17-13(9)14(18)15(25-17)16(22)19-8-11-4-6-12(7-5-11)26(3,23)24;1-9-5-4-6-12(7-9)8-19-16(22)15-14(18)13-10(2)11(3)20-21-17(13)23-15;1-8-3-2-4-9(11(8)16)7-18-14(21)13-12(17)10-5-6-19-20-15(10)22-13;1-8-9(2)19-20-15-11(8)12(16)13(22-15)14(21)18-7-10-3-5-17-6-4-10;1-8-9(2)19-20-15-11(8)12(16)13(22-15)14(21)18-7-10-5-3-4-6-17-10/h4-7H,8,18H2,1-3H3,(H,19,22);4-7H,8,18H2,1-3H3,(H,19,22);2-6H,7,17H2,1H3,(H,18,21);2*3-6H,7,16H2,1-2H3,(H,18,21). The Morgan fingerprint density at radius 1 is 0.391 bits per heavy atom. The van der Waals surface area contributed by atoms with Crippen molar-refractivity contribution in [3.05, 3.63) is 242 Å². The van der Waals surface area contributed by atoms with E-state index in [0.29, 0.717) is 113 Å². The lowest BCUT2D eigenvalue weighted by molar-refractivity contribution is 0.0947. The van der Waals surface area contributed by atoms with Crippen molar-refractivity contribution in [2.24, 2.45) is 0 Å². The summed E-state index contributed by atoms with van der Waals surface area (Å²) in [5.41, 5.74) is 45.7. The molecule has 0 saturated carbocycles. The lowest BCUT2D eigenvalue weighted by Gasteiger charge is -2.07. The molecule has 12 aromatic heterocycles. The summed E-state index contributed by atoms with van der Waals surface area (Å²) in [6.45, 7) is 20.5. The molecular formula is C79H79FN22O7S6. The number of nitrogens with two attached hydrogens (primary N) is 5. The van der Waals surface area contributed by atoms with Crippen molar-refractivity contribution in [1.29, 1.82) is 0 Å². The zero-order valence-corrected chi connectivity index (χ0v) is 69.0. The average molecular weight is 1660 g/mol. The van der Waals surface area contributed by atoms with Crippen LogP contribution in [0.15, 0.2) is 133 Å². The third kappa shape index (κ3) is 19.4. The van der Waals surface area contributed by atoms with Crippen molar-refractivity contribution in [2.45, 2.75) is 107 Å². The molecule has 36 heteroatoms. The van der Waals surface area contributed by atoms with E-state index in [9.17, 15) is 36.8 Å². The smallest absolute Gasteiger partial charge is 0.263 e. The van der Waals surface area contributed by atoms with E-state index >= 15 is 0 Å². The van der Waals surface area contributed by atoms with Gasteiger partial charge in [-0.25, -0.2) is 12.8 Å². The Kier molecular flexibility index (Phi) is 26.4. The molecule has 29 nitrogen and oxygen atoms in total. The van der Waals surface area contributed by atoms with Gasteiger partial charge in [0, 0.05) is 83.5 Å². The molecule has 3 aromatic carbocycles. The number of hydrogen-bond donors (Lipinski definition) is 10. The molecule has 0 radical (unpaired) electrons. The normalized spacial score (nSPS) is 11.0. The van der Waals surface area contributed by atoms with Gasteiger partial charge >= 0.3 is 0 Å². The van der Waals surface area contributed by atoms with E-state index in [1.807, 2.05) is 117 Å². The van der Waals surface area contributed by atoms with Crippen LogP contribution in [-0.4, -0.2) is 105 Å². The number of sulfone groups is 1. The van der Waals surface area contributed by atoms with E-state index in [1.165, 1.54) is 80.6 Å². The molecule has 15 aromatic rings. The molecule has 0 unspecified atom stereocenters. The first-order valence-electron chi connectivity index (χ1n) is 35.2. The number of aryl methyl sites for hydroxylation is 10. The topological polar surface area (TPSA) is 464 Å². The first-order chi connectivity index (χ1) is 54.9. The summed E-state index contributed by atoms with van der Waals surface area (Å²) in [6.07, 6.45) is 7.75. The highest BCUT2D eigenvalue weighted by atomic mass is 32.2. The van der Waals surface area contributed by atoms with E-state index < -0.39 is 9.84 Å². The number of nitrogens with one attached hydrogen (secondary N) is 5. The number of nitrogen functional groups attached to an aromatic ring is 5.